The fourth-order valence-electron chi connectivity index (χ4n) is 2.21. The van der Waals surface area contributed by atoms with Crippen molar-refractivity contribution in [1.29, 1.82) is 0 Å². The number of unbranched alkanes of at least 4 members (excludes halogenated alkanes) is 1. The third-order valence-corrected chi connectivity index (χ3v) is 3.50. The predicted molar refractivity (Wildman–Crippen MR) is 97.7 cm³/mol. The molecular formula is C20H24N2O2. The lowest BCUT2D eigenvalue weighted by molar-refractivity contribution is 0.182. The molecule has 1 aromatic heterocycles. The predicted octanol–water partition coefficient (Wildman–Crippen LogP) is 4.27. The van der Waals surface area contributed by atoms with Crippen molar-refractivity contribution in [1.82, 2.24) is 10.2 Å². The normalized spacial score (nSPS) is 12.2. The van der Waals surface area contributed by atoms with Crippen LogP contribution in [0.3, 0.4) is 0 Å². The van der Waals surface area contributed by atoms with E-state index in [1.54, 1.807) is 6.08 Å². The van der Waals surface area contributed by atoms with Crippen LogP contribution in [-0.4, -0.2) is 28.0 Å². The highest BCUT2D eigenvalue weighted by atomic mass is 16.5. The summed E-state index contributed by atoms with van der Waals surface area (Å²) in [6, 6.07) is 11.9. The van der Waals surface area contributed by atoms with Gasteiger partial charge in [0.2, 0.25) is 5.88 Å². The molecular weight excluding hydrogens is 300 g/mol. The highest BCUT2D eigenvalue weighted by Gasteiger charge is 2.01. The fraction of sp³-hybridized carbons (Fsp3) is 0.300. The molecule has 2 rings (SSSR count). The Morgan fingerprint density at radius 3 is 2.58 bits per heavy atom. The lowest BCUT2D eigenvalue weighted by atomic mass is 10.1. The van der Waals surface area contributed by atoms with Crippen molar-refractivity contribution < 1.29 is 9.84 Å². The second-order valence-electron chi connectivity index (χ2n) is 5.66. The summed E-state index contributed by atoms with van der Waals surface area (Å²) in [5.74, 6) is 0.496. The zero-order valence-corrected chi connectivity index (χ0v) is 14.1. The van der Waals surface area contributed by atoms with E-state index in [2.05, 4.69) is 41.1 Å². The lowest BCUT2D eigenvalue weighted by Gasteiger charge is -2.04. The number of benzene rings is 1. The van der Waals surface area contributed by atoms with Crippen LogP contribution in [-0.2, 0) is 0 Å². The third kappa shape index (κ3) is 5.97. The van der Waals surface area contributed by atoms with E-state index < -0.39 is 0 Å². The average Bonchev–Trinajstić information content (AvgIpc) is 2.60. The molecule has 0 aliphatic heterocycles. The molecule has 126 valence electrons. The summed E-state index contributed by atoms with van der Waals surface area (Å²) in [5, 5.41) is 17.4. The first-order valence-electron chi connectivity index (χ1n) is 8.21. The Kier molecular flexibility index (Phi) is 7.18. The van der Waals surface area contributed by atoms with Gasteiger partial charge in [-0.25, -0.2) is 0 Å². The molecule has 0 amide bonds. The topological polar surface area (TPSA) is 55.2 Å². The van der Waals surface area contributed by atoms with Crippen molar-refractivity contribution >= 4 is 6.08 Å². The number of aliphatic hydroxyl groups is 1. The summed E-state index contributed by atoms with van der Waals surface area (Å²) in [5.41, 5.74) is 2.98. The number of aliphatic hydroxyl groups excluding tert-OH is 1. The highest BCUT2D eigenvalue weighted by molar-refractivity contribution is 5.62. The van der Waals surface area contributed by atoms with Gasteiger partial charge in [0.1, 0.15) is 6.61 Å². The van der Waals surface area contributed by atoms with Crippen molar-refractivity contribution in [2.24, 2.45) is 0 Å². The molecule has 0 fully saturated rings. The molecule has 1 N–H and O–H groups in total. The van der Waals surface area contributed by atoms with Crippen LogP contribution in [0.15, 0.2) is 55.1 Å². The number of allylic oxidation sites excluding steroid dienone is 1. The van der Waals surface area contributed by atoms with Gasteiger partial charge < -0.3 is 9.84 Å². The second kappa shape index (κ2) is 9.63. The SMILES string of the molecule is C=CCOc1ccc(-c2ccc(C=CCCCC(C)O)cc2)nn1. The maximum Gasteiger partial charge on any atom is 0.233 e. The molecule has 1 aromatic carbocycles. The van der Waals surface area contributed by atoms with E-state index in [9.17, 15) is 5.11 Å². The van der Waals surface area contributed by atoms with Crippen molar-refractivity contribution in [2.45, 2.75) is 32.3 Å². The first-order chi connectivity index (χ1) is 11.7. The Labute approximate surface area is 143 Å². The molecule has 24 heavy (non-hydrogen) atoms. The van der Waals surface area contributed by atoms with E-state index in [1.165, 1.54) is 0 Å². The van der Waals surface area contributed by atoms with E-state index in [0.29, 0.717) is 12.5 Å². The molecule has 1 heterocycles. The number of rotatable bonds is 9. The molecule has 4 nitrogen and oxygen atoms in total. The first kappa shape index (κ1) is 17.9. The molecule has 2 aromatic rings. The number of nitrogens with zero attached hydrogens (tertiary/aromatic N) is 2. The van der Waals surface area contributed by atoms with Gasteiger partial charge in [-0.15, -0.1) is 10.2 Å². The summed E-state index contributed by atoms with van der Waals surface area (Å²) in [7, 11) is 0. The zero-order chi connectivity index (χ0) is 17.2. The maximum absolute atomic E-state index is 9.22. The van der Waals surface area contributed by atoms with Gasteiger partial charge >= 0.3 is 0 Å². The molecule has 1 unspecified atom stereocenters. The summed E-state index contributed by atoms with van der Waals surface area (Å²) >= 11 is 0. The second-order valence-corrected chi connectivity index (χ2v) is 5.66. The lowest BCUT2D eigenvalue weighted by Crippen LogP contribution is -1.97. The highest BCUT2D eigenvalue weighted by Crippen LogP contribution is 2.19. The van der Waals surface area contributed by atoms with E-state index in [0.717, 1.165) is 36.1 Å². The van der Waals surface area contributed by atoms with Crippen LogP contribution in [0.2, 0.25) is 0 Å². The quantitative estimate of drug-likeness (QED) is 0.553. The van der Waals surface area contributed by atoms with Crippen LogP contribution >= 0.6 is 0 Å². The van der Waals surface area contributed by atoms with Crippen LogP contribution in [0.5, 0.6) is 5.88 Å². The van der Waals surface area contributed by atoms with Crippen LogP contribution in [0.4, 0.5) is 0 Å². The number of ether oxygens (including phenoxy) is 1. The standard InChI is InChI=1S/C20H24N2O2/c1-3-15-24-20-14-13-19(21-22-20)18-11-9-17(10-12-18)8-6-4-5-7-16(2)23/h3,6,8-14,16,23H,1,4-5,7,15H2,2H3. The van der Waals surface area contributed by atoms with Crippen molar-refractivity contribution in [3.63, 3.8) is 0 Å². The summed E-state index contributed by atoms with van der Waals surface area (Å²) in [6.07, 6.45) is 8.52. The van der Waals surface area contributed by atoms with Crippen molar-refractivity contribution in [3.05, 3.63) is 60.7 Å². The third-order valence-electron chi connectivity index (χ3n) is 3.50. The molecule has 0 saturated carbocycles. The smallest absolute Gasteiger partial charge is 0.233 e. The van der Waals surface area contributed by atoms with E-state index in [1.807, 2.05) is 31.2 Å². The molecule has 0 saturated heterocycles. The Morgan fingerprint density at radius 2 is 1.96 bits per heavy atom. The van der Waals surface area contributed by atoms with Crippen molar-refractivity contribution in [2.75, 3.05) is 6.61 Å². The van der Waals surface area contributed by atoms with Gasteiger partial charge in [0.15, 0.2) is 0 Å². The van der Waals surface area contributed by atoms with Gasteiger partial charge in [0, 0.05) is 11.6 Å². The molecule has 0 aliphatic carbocycles. The van der Waals surface area contributed by atoms with E-state index in [4.69, 9.17) is 4.74 Å². The molecule has 0 spiro atoms. The monoisotopic (exact) mass is 324 g/mol. The summed E-state index contributed by atoms with van der Waals surface area (Å²) in [4.78, 5) is 0. The maximum atomic E-state index is 9.22. The minimum Gasteiger partial charge on any atom is -0.472 e. The van der Waals surface area contributed by atoms with Crippen molar-refractivity contribution in [3.8, 4) is 17.1 Å². The van der Waals surface area contributed by atoms with Gasteiger partial charge in [0.25, 0.3) is 0 Å². The van der Waals surface area contributed by atoms with Gasteiger partial charge in [-0.1, -0.05) is 49.1 Å². The van der Waals surface area contributed by atoms with E-state index in [-0.39, 0.29) is 6.10 Å². The van der Waals surface area contributed by atoms with Gasteiger partial charge in [-0.05, 0) is 37.8 Å². The van der Waals surface area contributed by atoms with Crippen LogP contribution in [0, 0.1) is 0 Å². The minimum absolute atomic E-state index is 0.215. The van der Waals surface area contributed by atoms with Crippen LogP contribution in [0.1, 0.15) is 31.7 Å². The fourth-order valence-corrected chi connectivity index (χ4v) is 2.21. The number of aromatic nitrogens is 2. The average molecular weight is 324 g/mol. The molecule has 0 bridgehead atoms. The van der Waals surface area contributed by atoms with Crippen LogP contribution < -0.4 is 4.74 Å². The summed E-state index contributed by atoms with van der Waals surface area (Å²) < 4.78 is 5.33. The number of hydrogen-bond acceptors (Lipinski definition) is 4. The molecule has 4 heteroatoms. The van der Waals surface area contributed by atoms with Gasteiger partial charge in [0.05, 0.1) is 11.8 Å². The molecule has 0 aliphatic rings. The Bertz CT molecular complexity index is 646. The molecule has 0 radical (unpaired) electrons. The van der Waals surface area contributed by atoms with Gasteiger partial charge in [-0.3, -0.25) is 0 Å². The summed E-state index contributed by atoms with van der Waals surface area (Å²) in [6.45, 7) is 5.84. The largest absolute Gasteiger partial charge is 0.472 e. The number of hydrogen-bond donors (Lipinski definition) is 1. The van der Waals surface area contributed by atoms with E-state index >= 15 is 0 Å². The Hall–Kier alpha value is -2.46. The zero-order valence-electron chi connectivity index (χ0n) is 14.1. The van der Waals surface area contributed by atoms with Crippen LogP contribution in [0.25, 0.3) is 17.3 Å². The Morgan fingerprint density at radius 1 is 1.17 bits per heavy atom. The first-order valence-corrected chi connectivity index (χ1v) is 8.21. The minimum atomic E-state index is -0.215. The van der Waals surface area contributed by atoms with Gasteiger partial charge in [-0.2, -0.15) is 0 Å². The molecule has 1 atom stereocenters. The Balaban J connectivity index is 1.91.